The van der Waals surface area contributed by atoms with Crippen LogP contribution in [0.4, 0.5) is 5.69 Å². The summed E-state index contributed by atoms with van der Waals surface area (Å²) in [5.41, 5.74) is 1.19. The van der Waals surface area contributed by atoms with Crippen molar-refractivity contribution in [1.82, 2.24) is 25.2 Å². The molecule has 0 atom stereocenters. The lowest BCUT2D eigenvalue weighted by Gasteiger charge is -2.33. The van der Waals surface area contributed by atoms with E-state index >= 15 is 0 Å². The Bertz CT molecular complexity index is 1010. The van der Waals surface area contributed by atoms with Gasteiger partial charge >= 0.3 is 0 Å². The molecule has 2 fully saturated rings. The highest BCUT2D eigenvalue weighted by Gasteiger charge is 2.29. The van der Waals surface area contributed by atoms with Crippen LogP contribution >= 0.6 is 0 Å². The fourth-order valence-electron chi connectivity index (χ4n) is 4.57. The van der Waals surface area contributed by atoms with Crippen LogP contribution in [-0.2, 0) is 4.79 Å². The number of hydrogen-bond donors (Lipinski definition) is 1. The van der Waals surface area contributed by atoms with E-state index in [1.807, 2.05) is 0 Å². The van der Waals surface area contributed by atoms with Gasteiger partial charge in [0.05, 0.1) is 16.3 Å². The van der Waals surface area contributed by atoms with Crippen molar-refractivity contribution >= 4 is 17.5 Å². The van der Waals surface area contributed by atoms with Gasteiger partial charge in [-0.15, -0.1) is 5.10 Å². The molecule has 1 saturated heterocycles. The van der Waals surface area contributed by atoms with Crippen molar-refractivity contribution in [3.63, 3.8) is 0 Å². The first-order valence-corrected chi connectivity index (χ1v) is 11.2. The van der Waals surface area contributed by atoms with Crippen LogP contribution in [0.15, 0.2) is 24.3 Å². The number of benzene rings is 1. The van der Waals surface area contributed by atoms with E-state index in [-0.39, 0.29) is 35.2 Å². The van der Waals surface area contributed by atoms with Crippen LogP contribution in [0.1, 0.15) is 61.1 Å². The maximum atomic E-state index is 13.0. The number of nitrogens with one attached hydrogen (secondary N) is 1. The maximum Gasteiger partial charge on any atom is 0.276 e. The molecule has 1 aromatic heterocycles. The molecule has 2 amide bonds. The van der Waals surface area contributed by atoms with Crippen molar-refractivity contribution in [1.29, 1.82) is 0 Å². The Balaban J connectivity index is 1.37. The molecule has 0 bridgehead atoms. The average Bonchev–Trinajstić information content (AvgIpc) is 3.21. The van der Waals surface area contributed by atoms with E-state index < -0.39 is 4.92 Å². The van der Waals surface area contributed by atoms with Gasteiger partial charge in [0.15, 0.2) is 5.69 Å². The van der Waals surface area contributed by atoms with Crippen molar-refractivity contribution in [2.45, 2.75) is 57.9 Å². The highest BCUT2D eigenvalue weighted by atomic mass is 16.6. The van der Waals surface area contributed by atoms with E-state index in [9.17, 15) is 19.7 Å². The summed E-state index contributed by atoms with van der Waals surface area (Å²) in [7, 11) is 0. The Morgan fingerprint density at radius 3 is 2.53 bits per heavy atom. The number of nitrogens with zero attached hydrogens (tertiary/aromatic N) is 5. The third kappa shape index (κ3) is 4.63. The zero-order valence-electron chi connectivity index (χ0n) is 18.2. The fraction of sp³-hybridized carbons (Fsp3) is 0.545. The summed E-state index contributed by atoms with van der Waals surface area (Å²) >= 11 is 0. The van der Waals surface area contributed by atoms with E-state index in [1.54, 1.807) is 24.0 Å². The van der Waals surface area contributed by atoms with Gasteiger partial charge in [-0.1, -0.05) is 30.5 Å². The number of rotatable bonds is 5. The summed E-state index contributed by atoms with van der Waals surface area (Å²) in [6.07, 6.45) is 6.84. The van der Waals surface area contributed by atoms with Gasteiger partial charge in [0, 0.05) is 37.2 Å². The highest BCUT2D eigenvalue weighted by Crippen LogP contribution is 2.25. The average molecular weight is 441 g/mol. The zero-order valence-corrected chi connectivity index (χ0v) is 18.2. The SMILES string of the molecule is Cc1c(C(=O)N2CCC(NC(=O)C3CCCCC3)CC2)nnn1-c1cccc([N+](=O)[O-])c1. The van der Waals surface area contributed by atoms with Gasteiger partial charge in [-0.2, -0.15) is 0 Å². The first-order valence-electron chi connectivity index (χ1n) is 11.2. The minimum Gasteiger partial charge on any atom is -0.353 e. The lowest BCUT2D eigenvalue weighted by Crippen LogP contribution is -2.48. The molecule has 4 rings (SSSR count). The van der Waals surface area contributed by atoms with Crippen molar-refractivity contribution in [3.8, 4) is 5.69 Å². The molecule has 0 radical (unpaired) electrons. The number of hydrogen-bond acceptors (Lipinski definition) is 6. The van der Waals surface area contributed by atoms with Crippen molar-refractivity contribution < 1.29 is 14.5 Å². The van der Waals surface area contributed by atoms with Gasteiger partial charge in [-0.25, -0.2) is 4.68 Å². The number of piperidine rings is 1. The maximum absolute atomic E-state index is 13.0. The first kappa shape index (κ1) is 21.9. The van der Waals surface area contributed by atoms with Crippen molar-refractivity contribution in [2.24, 2.45) is 5.92 Å². The summed E-state index contributed by atoms with van der Waals surface area (Å²) in [6, 6.07) is 6.15. The second kappa shape index (κ2) is 9.46. The minimum absolute atomic E-state index is 0.0531. The Morgan fingerprint density at radius 2 is 1.84 bits per heavy atom. The van der Waals surface area contributed by atoms with Gasteiger partial charge < -0.3 is 10.2 Å². The summed E-state index contributed by atoms with van der Waals surface area (Å²) in [5.74, 6) is 0.0800. The Kier molecular flexibility index (Phi) is 6.48. The number of aromatic nitrogens is 3. The Hall–Kier alpha value is -3.30. The van der Waals surface area contributed by atoms with Gasteiger partial charge in [-0.05, 0) is 38.7 Å². The monoisotopic (exact) mass is 440 g/mol. The molecule has 0 spiro atoms. The number of likely N-dealkylation sites (tertiary alicyclic amines) is 1. The lowest BCUT2D eigenvalue weighted by atomic mass is 9.88. The summed E-state index contributed by atoms with van der Waals surface area (Å²) in [6.45, 7) is 2.80. The molecule has 1 N–H and O–H groups in total. The predicted molar refractivity (Wildman–Crippen MR) is 116 cm³/mol. The standard InChI is InChI=1S/C22H28N6O4/c1-15-20(24-25-27(15)18-8-5-9-19(14-18)28(31)32)22(30)26-12-10-17(11-13-26)23-21(29)16-6-3-2-4-7-16/h5,8-9,14,16-17H,2-4,6-7,10-13H2,1H3,(H,23,29). The highest BCUT2D eigenvalue weighted by molar-refractivity contribution is 5.93. The number of carbonyl (C=O) groups excluding carboxylic acids is 2. The van der Waals surface area contributed by atoms with E-state index in [0.29, 0.717) is 37.3 Å². The van der Waals surface area contributed by atoms with E-state index in [4.69, 9.17) is 0 Å². The van der Waals surface area contributed by atoms with Gasteiger partial charge in [0.25, 0.3) is 11.6 Å². The Morgan fingerprint density at radius 1 is 1.12 bits per heavy atom. The van der Waals surface area contributed by atoms with Crippen molar-refractivity contribution in [2.75, 3.05) is 13.1 Å². The summed E-state index contributed by atoms with van der Waals surface area (Å²) in [5, 5.41) is 22.3. The molecule has 0 unspecified atom stereocenters. The van der Waals surface area contributed by atoms with Crippen LogP contribution in [0.5, 0.6) is 0 Å². The number of nitro groups is 1. The Labute approximate surface area is 186 Å². The number of non-ortho nitro benzene ring substituents is 1. The second-order valence-electron chi connectivity index (χ2n) is 8.62. The molecule has 1 aliphatic carbocycles. The molecule has 32 heavy (non-hydrogen) atoms. The van der Waals surface area contributed by atoms with E-state index in [0.717, 1.165) is 25.7 Å². The third-order valence-electron chi connectivity index (χ3n) is 6.49. The summed E-state index contributed by atoms with van der Waals surface area (Å²) in [4.78, 5) is 37.8. The molecule has 170 valence electrons. The van der Waals surface area contributed by atoms with Gasteiger partial charge in [0.2, 0.25) is 5.91 Å². The predicted octanol–water partition coefficient (Wildman–Crippen LogP) is 2.79. The van der Waals surface area contributed by atoms with Crippen LogP contribution in [0, 0.1) is 23.0 Å². The molecule has 1 aromatic carbocycles. The van der Waals surface area contributed by atoms with Gasteiger partial charge in [-0.3, -0.25) is 19.7 Å². The molecular weight excluding hydrogens is 412 g/mol. The molecule has 2 aliphatic rings. The van der Waals surface area contributed by atoms with Gasteiger partial charge in [0.1, 0.15) is 0 Å². The summed E-state index contributed by atoms with van der Waals surface area (Å²) < 4.78 is 1.44. The smallest absolute Gasteiger partial charge is 0.276 e. The first-order chi connectivity index (χ1) is 15.4. The van der Waals surface area contributed by atoms with Crippen LogP contribution < -0.4 is 5.32 Å². The third-order valence-corrected chi connectivity index (χ3v) is 6.49. The molecule has 2 aromatic rings. The van der Waals surface area contributed by atoms with Crippen LogP contribution in [0.3, 0.4) is 0 Å². The van der Waals surface area contributed by atoms with E-state index in [2.05, 4.69) is 15.6 Å². The topological polar surface area (TPSA) is 123 Å². The molecule has 10 nitrogen and oxygen atoms in total. The molecule has 1 saturated carbocycles. The number of carbonyl (C=O) groups is 2. The normalized spacial score (nSPS) is 17.8. The minimum atomic E-state index is -0.473. The molecule has 1 aliphatic heterocycles. The molecule has 10 heteroatoms. The molecule has 2 heterocycles. The van der Waals surface area contributed by atoms with E-state index in [1.165, 1.54) is 23.2 Å². The number of nitro benzene ring substituents is 1. The fourth-order valence-corrected chi connectivity index (χ4v) is 4.57. The van der Waals surface area contributed by atoms with Crippen molar-refractivity contribution in [3.05, 3.63) is 45.8 Å². The number of amides is 2. The van der Waals surface area contributed by atoms with Crippen LogP contribution in [0.25, 0.3) is 5.69 Å². The largest absolute Gasteiger partial charge is 0.353 e. The second-order valence-corrected chi connectivity index (χ2v) is 8.62. The molecular formula is C22H28N6O4. The van der Waals surface area contributed by atoms with Crippen LogP contribution in [0.2, 0.25) is 0 Å². The lowest BCUT2D eigenvalue weighted by molar-refractivity contribution is -0.384. The quantitative estimate of drug-likeness (QED) is 0.563. The van der Waals surface area contributed by atoms with Crippen LogP contribution in [-0.4, -0.2) is 55.8 Å². The zero-order chi connectivity index (χ0) is 22.7.